The molecule has 0 aliphatic rings. The number of carbonyl (C=O) groups is 2. The Morgan fingerprint density at radius 1 is 1.40 bits per heavy atom. The number of carboxylic acids is 1. The first-order chi connectivity index (χ1) is 9.28. The fourth-order valence-corrected chi connectivity index (χ4v) is 1.71. The summed E-state index contributed by atoms with van der Waals surface area (Å²) < 4.78 is 6.53. The molecule has 0 aliphatic carbocycles. The van der Waals surface area contributed by atoms with Crippen molar-refractivity contribution >= 4 is 23.3 Å². The molecule has 1 amide bonds. The molecule has 0 unspecified atom stereocenters. The van der Waals surface area contributed by atoms with Crippen LogP contribution in [0.4, 0.5) is 10.5 Å². The van der Waals surface area contributed by atoms with Crippen molar-refractivity contribution in [2.45, 2.75) is 26.4 Å². The lowest BCUT2D eigenvalue weighted by Crippen LogP contribution is -2.27. The molecule has 0 aromatic carbocycles. The number of nitrogens with one attached hydrogen (secondary N) is 1. The molecule has 106 valence electrons. The van der Waals surface area contributed by atoms with E-state index in [9.17, 15) is 9.59 Å². The average Bonchev–Trinajstić information content (AvgIpc) is 2.71. The Hall–Kier alpha value is -2.57. The van der Waals surface area contributed by atoms with Crippen LogP contribution in [0.2, 0.25) is 0 Å². The molecule has 2 rings (SSSR count). The minimum absolute atomic E-state index is 0.0108. The zero-order valence-electron chi connectivity index (χ0n) is 11.4. The van der Waals surface area contributed by atoms with Gasteiger partial charge >= 0.3 is 12.1 Å². The first-order valence-corrected chi connectivity index (χ1v) is 5.97. The van der Waals surface area contributed by atoms with Crippen LogP contribution in [0.3, 0.4) is 0 Å². The number of pyridine rings is 1. The highest BCUT2D eigenvalue weighted by Gasteiger charge is 2.19. The van der Waals surface area contributed by atoms with E-state index in [4.69, 9.17) is 9.84 Å². The van der Waals surface area contributed by atoms with Crippen molar-refractivity contribution in [3.8, 4) is 0 Å². The lowest BCUT2D eigenvalue weighted by Gasteiger charge is -2.19. The molecule has 0 bridgehead atoms. The Kier molecular flexibility index (Phi) is 3.35. The molecule has 7 nitrogen and oxygen atoms in total. The van der Waals surface area contributed by atoms with Gasteiger partial charge in [-0.25, -0.2) is 14.1 Å². The first kappa shape index (κ1) is 13.9. The number of amides is 1. The lowest BCUT2D eigenvalue weighted by molar-refractivity contribution is 0.0633. The molecule has 2 N–H and O–H groups in total. The van der Waals surface area contributed by atoms with Gasteiger partial charge in [0, 0.05) is 6.20 Å². The van der Waals surface area contributed by atoms with Crippen LogP contribution in [0.5, 0.6) is 0 Å². The van der Waals surface area contributed by atoms with E-state index in [-0.39, 0.29) is 5.56 Å². The largest absolute Gasteiger partial charge is 0.478 e. The van der Waals surface area contributed by atoms with E-state index in [0.717, 1.165) is 0 Å². The Morgan fingerprint density at radius 2 is 2.10 bits per heavy atom. The topological polar surface area (TPSA) is 92.9 Å². The van der Waals surface area contributed by atoms with Crippen molar-refractivity contribution in [2.75, 3.05) is 5.32 Å². The Labute approximate surface area is 115 Å². The van der Waals surface area contributed by atoms with Gasteiger partial charge in [-0.3, -0.25) is 5.32 Å². The second kappa shape index (κ2) is 4.84. The fourth-order valence-electron chi connectivity index (χ4n) is 1.71. The number of fused-ring (bicyclic) bond motifs is 1. The summed E-state index contributed by atoms with van der Waals surface area (Å²) >= 11 is 0. The molecule has 2 aromatic rings. The third-order valence-corrected chi connectivity index (χ3v) is 2.41. The van der Waals surface area contributed by atoms with Crippen LogP contribution < -0.4 is 5.32 Å². The van der Waals surface area contributed by atoms with Gasteiger partial charge in [-0.05, 0) is 32.9 Å². The standard InChI is InChI=1S/C13H15N3O4/c1-13(2,3)20-12(19)15-9-5-4-6-16-10(9)8(7-14-16)11(17)18/h4-7H,1-3H3,(H,15,19)(H,17,18). The summed E-state index contributed by atoms with van der Waals surface area (Å²) in [5.41, 5.74) is 0.0181. The molecule has 0 saturated heterocycles. The number of aromatic carboxylic acids is 1. The number of rotatable bonds is 2. The van der Waals surface area contributed by atoms with Crippen LogP contribution in [-0.4, -0.2) is 32.4 Å². The molecule has 0 aliphatic heterocycles. The first-order valence-electron chi connectivity index (χ1n) is 5.97. The number of ether oxygens (including phenoxy) is 1. The summed E-state index contributed by atoms with van der Waals surface area (Å²) in [6, 6.07) is 3.24. The van der Waals surface area contributed by atoms with E-state index in [2.05, 4.69) is 10.4 Å². The second-order valence-corrected chi connectivity index (χ2v) is 5.21. The van der Waals surface area contributed by atoms with Crippen LogP contribution in [0.25, 0.3) is 5.52 Å². The van der Waals surface area contributed by atoms with Crippen molar-refractivity contribution in [1.82, 2.24) is 9.61 Å². The molecule has 0 saturated carbocycles. The van der Waals surface area contributed by atoms with E-state index < -0.39 is 17.7 Å². The summed E-state index contributed by atoms with van der Waals surface area (Å²) in [6.07, 6.45) is 2.18. The van der Waals surface area contributed by atoms with Gasteiger partial charge in [-0.2, -0.15) is 5.10 Å². The summed E-state index contributed by atoms with van der Waals surface area (Å²) in [4.78, 5) is 22.9. The van der Waals surface area contributed by atoms with E-state index in [1.165, 1.54) is 10.7 Å². The monoisotopic (exact) mass is 277 g/mol. The van der Waals surface area contributed by atoms with Crippen LogP contribution in [0.1, 0.15) is 31.1 Å². The molecular formula is C13H15N3O4. The Balaban J connectivity index is 2.37. The van der Waals surface area contributed by atoms with Gasteiger partial charge in [-0.1, -0.05) is 0 Å². The highest BCUT2D eigenvalue weighted by molar-refractivity contribution is 6.02. The summed E-state index contributed by atoms with van der Waals surface area (Å²) in [6.45, 7) is 5.23. The van der Waals surface area contributed by atoms with Gasteiger partial charge in [0.05, 0.1) is 11.9 Å². The SMILES string of the molecule is CC(C)(C)OC(=O)Nc1cccn2ncc(C(=O)O)c12. The maximum atomic E-state index is 11.8. The van der Waals surface area contributed by atoms with Crippen LogP contribution >= 0.6 is 0 Å². The normalized spacial score (nSPS) is 11.3. The third kappa shape index (κ3) is 2.87. The summed E-state index contributed by atoms with van der Waals surface area (Å²) in [5, 5.41) is 15.6. The van der Waals surface area contributed by atoms with Crippen LogP contribution in [0, 0.1) is 0 Å². The van der Waals surface area contributed by atoms with Crippen molar-refractivity contribution in [3.05, 3.63) is 30.1 Å². The number of carboxylic acid groups (broad SMARTS) is 1. The van der Waals surface area contributed by atoms with Gasteiger partial charge in [0.15, 0.2) is 0 Å². The summed E-state index contributed by atoms with van der Waals surface area (Å²) in [7, 11) is 0. The minimum atomic E-state index is -1.11. The number of hydrogen-bond donors (Lipinski definition) is 2. The number of nitrogens with zero attached hydrogens (tertiary/aromatic N) is 2. The van der Waals surface area contributed by atoms with Gasteiger partial charge in [0.25, 0.3) is 0 Å². The predicted molar refractivity (Wildman–Crippen MR) is 72.0 cm³/mol. The van der Waals surface area contributed by atoms with Crippen molar-refractivity contribution in [3.63, 3.8) is 0 Å². The number of hydrogen-bond acceptors (Lipinski definition) is 4. The molecule has 0 atom stereocenters. The molecule has 0 radical (unpaired) electrons. The van der Waals surface area contributed by atoms with Gasteiger partial charge < -0.3 is 9.84 Å². The highest BCUT2D eigenvalue weighted by Crippen LogP contribution is 2.21. The molecule has 7 heteroatoms. The van der Waals surface area contributed by atoms with E-state index in [1.807, 2.05) is 0 Å². The lowest BCUT2D eigenvalue weighted by atomic mass is 10.2. The van der Waals surface area contributed by atoms with E-state index >= 15 is 0 Å². The quantitative estimate of drug-likeness (QED) is 0.879. The maximum absolute atomic E-state index is 11.8. The summed E-state index contributed by atoms with van der Waals surface area (Å²) in [5.74, 6) is -1.11. The molecule has 2 aromatic heterocycles. The number of aromatic nitrogens is 2. The fraction of sp³-hybridized carbons (Fsp3) is 0.308. The van der Waals surface area contributed by atoms with Gasteiger partial charge in [0.1, 0.15) is 16.7 Å². The molecule has 2 heterocycles. The van der Waals surface area contributed by atoms with Crippen LogP contribution in [0.15, 0.2) is 24.5 Å². The molecular weight excluding hydrogens is 262 g/mol. The molecule has 0 spiro atoms. The Morgan fingerprint density at radius 3 is 2.70 bits per heavy atom. The molecule has 0 fully saturated rings. The molecule has 20 heavy (non-hydrogen) atoms. The highest BCUT2D eigenvalue weighted by atomic mass is 16.6. The van der Waals surface area contributed by atoms with Crippen molar-refractivity contribution in [2.24, 2.45) is 0 Å². The van der Waals surface area contributed by atoms with Gasteiger partial charge in [0.2, 0.25) is 0 Å². The van der Waals surface area contributed by atoms with Crippen molar-refractivity contribution < 1.29 is 19.4 Å². The Bertz CT molecular complexity index is 670. The van der Waals surface area contributed by atoms with Gasteiger partial charge in [-0.15, -0.1) is 0 Å². The van der Waals surface area contributed by atoms with E-state index in [0.29, 0.717) is 11.2 Å². The average molecular weight is 277 g/mol. The second-order valence-electron chi connectivity index (χ2n) is 5.21. The third-order valence-electron chi connectivity index (χ3n) is 2.41. The number of anilines is 1. The minimum Gasteiger partial charge on any atom is -0.478 e. The van der Waals surface area contributed by atoms with E-state index in [1.54, 1.807) is 39.1 Å². The zero-order chi connectivity index (χ0) is 14.9. The smallest absolute Gasteiger partial charge is 0.412 e. The predicted octanol–water partition coefficient (Wildman–Crippen LogP) is 2.38. The number of carbonyl (C=O) groups excluding carboxylic acids is 1. The maximum Gasteiger partial charge on any atom is 0.412 e. The zero-order valence-corrected chi connectivity index (χ0v) is 11.4. The van der Waals surface area contributed by atoms with Crippen molar-refractivity contribution in [1.29, 1.82) is 0 Å². The van der Waals surface area contributed by atoms with Crippen LogP contribution in [-0.2, 0) is 4.74 Å².